The van der Waals surface area contributed by atoms with Crippen LogP contribution in [0.5, 0.6) is 0 Å². The van der Waals surface area contributed by atoms with Crippen LogP contribution in [0.1, 0.15) is 101 Å². The van der Waals surface area contributed by atoms with Crippen molar-refractivity contribution in [3.8, 4) is 0 Å². The lowest BCUT2D eigenvalue weighted by Gasteiger charge is -2.47. The van der Waals surface area contributed by atoms with Crippen molar-refractivity contribution in [1.29, 1.82) is 0 Å². The van der Waals surface area contributed by atoms with Gasteiger partial charge in [-0.1, -0.05) is 66.2 Å². The molecule has 4 aliphatic rings. The maximum absolute atomic E-state index is 13.9. The summed E-state index contributed by atoms with van der Waals surface area (Å²) in [6, 6.07) is -0.642. The van der Waals surface area contributed by atoms with Crippen LogP contribution >= 0.6 is 0 Å². The van der Waals surface area contributed by atoms with E-state index in [1.807, 2.05) is 33.8 Å². The zero-order valence-electron chi connectivity index (χ0n) is 36.7. The number of likely N-dealkylation sites (tertiary alicyclic amines) is 2. The van der Waals surface area contributed by atoms with Gasteiger partial charge in [0.2, 0.25) is 0 Å². The second-order valence-electron chi connectivity index (χ2n) is 19.2. The molecule has 322 valence electrons. The summed E-state index contributed by atoms with van der Waals surface area (Å²) in [4.78, 5) is 34.5. The molecule has 3 saturated heterocycles. The predicted molar refractivity (Wildman–Crippen MR) is 221 cm³/mol. The fourth-order valence-electron chi connectivity index (χ4n) is 10.4. The molecule has 0 bridgehead atoms. The summed E-state index contributed by atoms with van der Waals surface area (Å²) in [6.45, 7) is 24.3. The van der Waals surface area contributed by atoms with Crippen LogP contribution in [-0.4, -0.2) is 144 Å². The molecule has 4 heterocycles. The highest BCUT2D eigenvalue weighted by atomic mass is 16.7. The smallest absolute Gasteiger partial charge is 0.308 e. The van der Waals surface area contributed by atoms with Crippen LogP contribution in [-0.2, 0) is 23.8 Å². The van der Waals surface area contributed by atoms with Gasteiger partial charge in [-0.25, -0.2) is 0 Å². The number of rotatable bonds is 9. The fraction of sp³-hybridized carbons (Fsp3) is 0.867. The first-order valence-electron chi connectivity index (χ1n) is 21.9. The quantitative estimate of drug-likeness (QED) is 0.268. The molecule has 0 amide bonds. The maximum atomic E-state index is 13.9. The van der Waals surface area contributed by atoms with Crippen molar-refractivity contribution < 1.29 is 39.1 Å². The van der Waals surface area contributed by atoms with Crippen molar-refractivity contribution in [2.24, 2.45) is 47.3 Å². The lowest BCUT2D eigenvalue weighted by Crippen LogP contribution is -2.63. The van der Waals surface area contributed by atoms with E-state index in [4.69, 9.17) is 14.2 Å². The Morgan fingerprint density at radius 2 is 1.43 bits per heavy atom. The topological polar surface area (TPSA) is 132 Å². The van der Waals surface area contributed by atoms with Crippen molar-refractivity contribution in [2.45, 2.75) is 150 Å². The first-order valence-corrected chi connectivity index (χ1v) is 21.9. The summed E-state index contributed by atoms with van der Waals surface area (Å²) in [5.41, 5.74) is 0.949. The average molecular weight is 790 g/mol. The number of cyclic esters (lactones) is 1. The van der Waals surface area contributed by atoms with E-state index in [0.29, 0.717) is 42.9 Å². The first-order chi connectivity index (χ1) is 26.4. The monoisotopic (exact) mass is 790 g/mol. The van der Waals surface area contributed by atoms with E-state index in [0.717, 1.165) is 44.8 Å². The lowest BCUT2D eigenvalue weighted by molar-refractivity contribution is -0.304. The molecule has 4 aliphatic heterocycles. The Morgan fingerprint density at radius 3 is 2.00 bits per heavy atom. The molecule has 0 saturated carbocycles. The van der Waals surface area contributed by atoms with Gasteiger partial charge in [0.1, 0.15) is 12.2 Å². The number of nitrogens with zero attached hydrogens (tertiary/aromatic N) is 3. The van der Waals surface area contributed by atoms with Gasteiger partial charge in [-0.3, -0.25) is 9.59 Å². The second-order valence-corrected chi connectivity index (χ2v) is 19.2. The summed E-state index contributed by atoms with van der Waals surface area (Å²) in [5.74, 6) is 0.655. The average Bonchev–Trinajstić information content (AvgIpc) is 3.10. The first kappa shape index (κ1) is 47.0. The number of ketones is 1. The van der Waals surface area contributed by atoms with Crippen LogP contribution in [0.3, 0.4) is 0 Å². The van der Waals surface area contributed by atoms with Crippen molar-refractivity contribution in [2.75, 3.05) is 53.4 Å². The lowest BCUT2D eigenvalue weighted by atomic mass is 9.79. The number of carbonyl (C=O) groups is 2. The Hall–Kier alpha value is -1.70. The molecule has 16 unspecified atom stereocenters. The van der Waals surface area contributed by atoms with Gasteiger partial charge in [-0.05, 0) is 102 Å². The minimum Gasteiger partial charge on any atom is -0.462 e. The van der Waals surface area contributed by atoms with Crippen LogP contribution in [0.15, 0.2) is 23.8 Å². The standard InChI is InChI=1S/C45H79N3O8/c1-12-39-36(26-48-24-30(5)18-31(6)25-48)19-27(2)13-14-37(49)32(7)20-35(15-16-47-22-28(3)17-29(4)23-47)44(33(8)38(50)21-40(51)55-39)56-45-43(53)41(46(10)11)42(52)34(9)54-45/h13-14,19,28-36,38-39,41-45,50,52-53H,12,15-18,20-26H2,1-11H3/b14-13+,27-19+. The van der Waals surface area contributed by atoms with Crippen LogP contribution in [0, 0.1) is 47.3 Å². The zero-order chi connectivity index (χ0) is 41.4. The van der Waals surface area contributed by atoms with Gasteiger partial charge in [0, 0.05) is 50.5 Å². The number of hydrogen-bond acceptors (Lipinski definition) is 11. The molecule has 0 aromatic rings. The van der Waals surface area contributed by atoms with E-state index in [1.54, 1.807) is 32.0 Å². The maximum Gasteiger partial charge on any atom is 0.308 e. The minimum atomic E-state index is -1.18. The largest absolute Gasteiger partial charge is 0.462 e. The number of ether oxygens (including phenoxy) is 3. The number of allylic oxidation sites excluding steroid dienone is 3. The molecule has 0 aromatic heterocycles. The Balaban J connectivity index is 1.70. The number of likely N-dealkylation sites (N-methyl/N-ethyl adjacent to an activating group) is 1. The summed E-state index contributed by atoms with van der Waals surface area (Å²) < 4.78 is 19.3. The van der Waals surface area contributed by atoms with Crippen LogP contribution in [0.4, 0.5) is 0 Å². The van der Waals surface area contributed by atoms with Gasteiger partial charge in [0.25, 0.3) is 0 Å². The Bertz CT molecular complexity index is 1290. The summed E-state index contributed by atoms with van der Waals surface area (Å²) in [7, 11) is 3.61. The number of carbonyl (C=O) groups excluding carboxylic acids is 2. The molecule has 0 spiro atoms. The van der Waals surface area contributed by atoms with Crippen molar-refractivity contribution in [3.05, 3.63) is 23.8 Å². The molecule has 4 rings (SSSR count). The molecule has 11 nitrogen and oxygen atoms in total. The molecule has 11 heteroatoms. The Kier molecular flexibility index (Phi) is 18.1. The molecular weight excluding hydrogens is 711 g/mol. The van der Waals surface area contributed by atoms with Gasteiger partial charge in [0.15, 0.2) is 12.1 Å². The SMILES string of the molecule is CCC1OC(=O)CC(O)C(C)C(OC2OC(C)C(O)C(N(C)C)C2O)C(CCN2CC(C)CC(C)C2)CC(C)C(=O)/C=C/C(C)=C/C1CN1CC(C)CC(C)C1. The second kappa shape index (κ2) is 21.5. The molecule has 3 N–H and O–H groups in total. The predicted octanol–water partition coefficient (Wildman–Crippen LogP) is 5.17. The van der Waals surface area contributed by atoms with Crippen LogP contribution < -0.4 is 0 Å². The van der Waals surface area contributed by atoms with Gasteiger partial charge in [-0.2, -0.15) is 0 Å². The van der Waals surface area contributed by atoms with Gasteiger partial charge in [0.05, 0.1) is 36.9 Å². The number of esters is 1. The number of hydrogen-bond donors (Lipinski definition) is 3. The van der Waals surface area contributed by atoms with Crippen molar-refractivity contribution in [1.82, 2.24) is 14.7 Å². The van der Waals surface area contributed by atoms with E-state index >= 15 is 0 Å². The number of aliphatic hydroxyl groups excluding tert-OH is 3. The van der Waals surface area contributed by atoms with E-state index < -0.39 is 60.8 Å². The summed E-state index contributed by atoms with van der Waals surface area (Å²) in [5, 5.41) is 34.5. The summed E-state index contributed by atoms with van der Waals surface area (Å²) >= 11 is 0. The molecular formula is C45H79N3O8. The Labute approximate surface area is 339 Å². The van der Waals surface area contributed by atoms with E-state index in [2.05, 4.69) is 43.6 Å². The molecule has 0 aliphatic carbocycles. The van der Waals surface area contributed by atoms with Gasteiger partial charge < -0.3 is 44.2 Å². The molecule has 0 aromatic carbocycles. The third-order valence-electron chi connectivity index (χ3n) is 13.1. The highest BCUT2D eigenvalue weighted by Crippen LogP contribution is 2.35. The normalized spacial score (nSPS) is 43.6. The molecule has 0 radical (unpaired) electrons. The Morgan fingerprint density at radius 1 is 0.839 bits per heavy atom. The number of aliphatic hydroxyl groups is 3. The minimum absolute atomic E-state index is 0.0223. The summed E-state index contributed by atoms with van der Waals surface area (Å²) in [6.07, 6.45) is 3.68. The van der Waals surface area contributed by atoms with Crippen LogP contribution in [0.2, 0.25) is 0 Å². The van der Waals surface area contributed by atoms with E-state index in [9.17, 15) is 24.9 Å². The van der Waals surface area contributed by atoms with Gasteiger partial charge in [-0.15, -0.1) is 0 Å². The van der Waals surface area contributed by atoms with Crippen molar-refractivity contribution >= 4 is 11.8 Å². The van der Waals surface area contributed by atoms with E-state index in [1.165, 1.54) is 12.8 Å². The fourth-order valence-corrected chi connectivity index (χ4v) is 10.4. The highest BCUT2D eigenvalue weighted by molar-refractivity contribution is 5.91. The molecule has 56 heavy (non-hydrogen) atoms. The third kappa shape index (κ3) is 13.2. The van der Waals surface area contributed by atoms with Crippen LogP contribution in [0.25, 0.3) is 0 Å². The third-order valence-corrected chi connectivity index (χ3v) is 13.1. The zero-order valence-corrected chi connectivity index (χ0v) is 36.7. The molecule has 3 fully saturated rings. The molecule has 16 atom stereocenters. The van der Waals surface area contributed by atoms with Crippen molar-refractivity contribution in [3.63, 3.8) is 0 Å². The van der Waals surface area contributed by atoms with Gasteiger partial charge >= 0.3 is 5.97 Å². The van der Waals surface area contributed by atoms with E-state index in [-0.39, 0.29) is 30.0 Å². The number of piperidine rings is 2. The highest BCUT2D eigenvalue weighted by Gasteiger charge is 2.47.